The quantitative estimate of drug-likeness (QED) is 0.537. The maximum absolute atomic E-state index is 12.5. The third kappa shape index (κ3) is 5.40. The molecule has 1 amide bonds. The molecule has 29 heavy (non-hydrogen) atoms. The van der Waals surface area contributed by atoms with Crippen molar-refractivity contribution < 1.29 is 13.2 Å². The molecule has 3 aromatic carbocycles. The van der Waals surface area contributed by atoms with Crippen LogP contribution in [0.2, 0.25) is 0 Å². The number of amides is 1. The van der Waals surface area contributed by atoms with Crippen molar-refractivity contribution in [1.82, 2.24) is 5.32 Å². The van der Waals surface area contributed by atoms with E-state index in [4.69, 9.17) is 0 Å². The fraction of sp³-hybridized carbons (Fsp3) is 0.136. The zero-order valence-corrected chi connectivity index (χ0v) is 17.8. The average molecular weight is 427 g/mol. The summed E-state index contributed by atoms with van der Waals surface area (Å²) in [7, 11) is -3.69. The molecule has 0 aliphatic carbocycles. The molecule has 3 aromatic rings. The van der Waals surface area contributed by atoms with Gasteiger partial charge in [0.2, 0.25) is 0 Å². The van der Waals surface area contributed by atoms with Crippen LogP contribution in [0.5, 0.6) is 0 Å². The molecule has 3 rings (SSSR count). The summed E-state index contributed by atoms with van der Waals surface area (Å²) in [6, 6.07) is 22.6. The Morgan fingerprint density at radius 1 is 0.897 bits per heavy atom. The minimum atomic E-state index is -3.69. The zero-order valence-electron chi connectivity index (χ0n) is 16.1. The minimum Gasteiger partial charge on any atom is -0.346 e. The van der Waals surface area contributed by atoms with Crippen LogP contribution in [0.25, 0.3) is 0 Å². The Kier molecular flexibility index (Phi) is 6.61. The second-order valence-corrected chi connectivity index (χ2v) is 9.03. The Morgan fingerprint density at radius 2 is 1.52 bits per heavy atom. The van der Waals surface area contributed by atoms with Crippen LogP contribution in [0.15, 0.2) is 88.7 Å². The van der Waals surface area contributed by atoms with E-state index in [0.29, 0.717) is 11.3 Å². The van der Waals surface area contributed by atoms with E-state index in [1.807, 2.05) is 43.5 Å². The van der Waals surface area contributed by atoms with Crippen molar-refractivity contribution in [2.45, 2.75) is 22.8 Å². The predicted octanol–water partition coefficient (Wildman–Crippen LogP) is 4.70. The van der Waals surface area contributed by atoms with Crippen molar-refractivity contribution in [3.63, 3.8) is 0 Å². The Morgan fingerprint density at radius 3 is 2.10 bits per heavy atom. The Balaban J connectivity index is 1.67. The normalized spacial score (nSPS) is 12.2. The van der Waals surface area contributed by atoms with Gasteiger partial charge in [-0.15, -0.1) is 11.8 Å². The molecule has 0 aliphatic heterocycles. The van der Waals surface area contributed by atoms with Gasteiger partial charge in [-0.3, -0.25) is 9.52 Å². The lowest BCUT2D eigenvalue weighted by Crippen LogP contribution is -2.26. The van der Waals surface area contributed by atoms with Gasteiger partial charge in [0.05, 0.1) is 10.9 Å². The molecular formula is C22H22N2O3S2. The molecule has 5 nitrogen and oxygen atoms in total. The lowest BCUT2D eigenvalue weighted by atomic mass is 10.1. The van der Waals surface area contributed by atoms with E-state index in [1.165, 1.54) is 0 Å². The van der Waals surface area contributed by atoms with Gasteiger partial charge in [-0.1, -0.05) is 30.3 Å². The van der Waals surface area contributed by atoms with Gasteiger partial charge in [-0.25, -0.2) is 8.42 Å². The summed E-state index contributed by atoms with van der Waals surface area (Å²) >= 11 is 1.55. The molecule has 1 unspecified atom stereocenters. The number of hydrogen-bond acceptors (Lipinski definition) is 4. The molecule has 150 valence electrons. The summed E-state index contributed by atoms with van der Waals surface area (Å²) in [5, 5.41) is 2.94. The van der Waals surface area contributed by atoms with Gasteiger partial charge in [-0.2, -0.15) is 0 Å². The van der Waals surface area contributed by atoms with Crippen LogP contribution in [0.1, 0.15) is 28.9 Å². The maximum atomic E-state index is 12.5. The average Bonchev–Trinajstić information content (AvgIpc) is 2.74. The molecule has 0 bridgehead atoms. The lowest BCUT2D eigenvalue weighted by molar-refractivity contribution is 0.0940. The summed E-state index contributed by atoms with van der Waals surface area (Å²) < 4.78 is 27.6. The van der Waals surface area contributed by atoms with Crippen LogP contribution < -0.4 is 10.0 Å². The van der Waals surface area contributed by atoms with Crippen molar-refractivity contribution in [1.29, 1.82) is 0 Å². The number of carbonyl (C=O) groups is 1. The number of sulfonamides is 1. The standard InChI is InChI=1S/C22H22N2O3S2/c1-16(17-6-4-3-5-7-17)23-22(25)18-8-10-19(11-9-18)24-29(26,27)21-14-12-20(28-2)13-15-21/h3-16,24H,1-2H3,(H,23,25). The molecule has 7 heteroatoms. The molecular weight excluding hydrogens is 404 g/mol. The van der Waals surface area contributed by atoms with E-state index in [2.05, 4.69) is 10.0 Å². The van der Waals surface area contributed by atoms with Gasteiger partial charge < -0.3 is 5.32 Å². The summed E-state index contributed by atoms with van der Waals surface area (Å²) in [4.78, 5) is 13.6. The van der Waals surface area contributed by atoms with Crippen LogP contribution in [0.4, 0.5) is 5.69 Å². The van der Waals surface area contributed by atoms with Crippen molar-refractivity contribution in [3.05, 3.63) is 90.0 Å². The summed E-state index contributed by atoms with van der Waals surface area (Å²) in [5.74, 6) is -0.219. The lowest BCUT2D eigenvalue weighted by Gasteiger charge is -2.14. The largest absolute Gasteiger partial charge is 0.346 e. The second kappa shape index (κ2) is 9.15. The fourth-order valence-electron chi connectivity index (χ4n) is 2.76. The van der Waals surface area contributed by atoms with Gasteiger partial charge in [0, 0.05) is 16.1 Å². The second-order valence-electron chi connectivity index (χ2n) is 6.46. The fourth-order valence-corrected chi connectivity index (χ4v) is 4.23. The minimum absolute atomic E-state index is 0.133. The topological polar surface area (TPSA) is 75.3 Å². The van der Waals surface area contributed by atoms with Crippen LogP contribution in [-0.2, 0) is 10.0 Å². The first kappa shape index (κ1) is 21.0. The van der Waals surface area contributed by atoms with E-state index in [0.717, 1.165) is 10.5 Å². The molecule has 0 fully saturated rings. The number of rotatable bonds is 7. The molecule has 0 saturated heterocycles. The predicted molar refractivity (Wildman–Crippen MR) is 118 cm³/mol. The third-order valence-electron chi connectivity index (χ3n) is 4.42. The van der Waals surface area contributed by atoms with E-state index in [-0.39, 0.29) is 16.8 Å². The maximum Gasteiger partial charge on any atom is 0.261 e. The highest BCUT2D eigenvalue weighted by Crippen LogP contribution is 2.21. The highest BCUT2D eigenvalue weighted by molar-refractivity contribution is 7.98. The van der Waals surface area contributed by atoms with Crippen molar-refractivity contribution >= 4 is 33.4 Å². The highest BCUT2D eigenvalue weighted by Gasteiger charge is 2.15. The Bertz CT molecular complexity index is 1070. The molecule has 1 atom stereocenters. The number of anilines is 1. The summed E-state index contributed by atoms with van der Waals surface area (Å²) in [6.07, 6.45) is 1.93. The molecule has 0 heterocycles. The first-order valence-electron chi connectivity index (χ1n) is 9.02. The van der Waals surface area contributed by atoms with E-state index < -0.39 is 10.0 Å². The molecule has 0 saturated carbocycles. The molecule has 0 spiro atoms. The number of nitrogens with one attached hydrogen (secondary N) is 2. The zero-order chi connectivity index (χ0) is 20.9. The SMILES string of the molecule is CSc1ccc(S(=O)(=O)Nc2ccc(C(=O)NC(C)c3ccccc3)cc2)cc1. The monoisotopic (exact) mass is 426 g/mol. The van der Waals surface area contributed by atoms with Gasteiger partial charge in [0.15, 0.2) is 0 Å². The number of carbonyl (C=O) groups excluding carboxylic acids is 1. The third-order valence-corrected chi connectivity index (χ3v) is 6.56. The summed E-state index contributed by atoms with van der Waals surface area (Å²) in [6.45, 7) is 1.91. The van der Waals surface area contributed by atoms with Crippen LogP contribution in [0, 0.1) is 0 Å². The van der Waals surface area contributed by atoms with E-state index in [9.17, 15) is 13.2 Å². The molecule has 2 N–H and O–H groups in total. The number of hydrogen-bond donors (Lipinski definition) is 2. The van der Waals surface area contributed by atoms with Gasteiger partial charge in [0.25, 0.3) is 15.9 Å². The summed E-state index contributed by atoms with van der Waals surface area (Å²) in [5.41, 5.74) is 1.87. The molecule has 0 aromatic heterocycles. The Hall–Kier alpha value is -2.77. The van der Waals surface area contributed by atoms with Crippen molar-refractivity contribution in [2.75, 3.05) is 11.0 Å². The van der Waals surface area contributed by atoms with Crippen LogP contribution in [-0.4, -0.2) is 20.6 Å². The van der Waals surface area contributed by atoms with Crippen molar-refractivity contribution in [3.8, 4) is 0 Å². The van der Waals surface area contributed by atoms with E-state index >= 15 is 0 Å². The first-order valence-corrected chi connectivity index (χ1v) is 11.7. The van der Waals surface area contributed by atoms with E-state index in [1.54, 1.807) is 60.3 Å². The molecule has 0 aliphatic rings. The van der Waals surface area contributed by atoms with Gasteiger partial charge >= 0.3 is 0 Å². The number of thioether (sulfide) groups is 1. The van der Waals surface area contributed by atoms with Crippen LogP contribution >= 0.6 is 11.8 Å². The first-order chi connectivity index (χ1) is 13.9. The van der Waals surface area contributed by atoms with Crippen LogP contribution in [0.3, 0.4) is 0 Å². The van der Waals surface area contributed by atoms with Crippen molar-refractivity contribution in [2.24, 2.45) is 0 Å². The van der Waals surface area contributed by atoms with Gasteiger partial charge in [0.1, 0.15) is 0 Å². The smallest absolute Gasteiger partial charge is 0.261 e. The van der Waals surface area contributed by atoms with Gasteiger partial charge in [-0.05, 0) is 67.3 Å². The molecule has 0 radical (unpaired) electrons. The Labute approximate surface area is 175 Å². The number of benzene rings is 3. The highest BCUT2D eigenvalue weighted by atomic mass is 32.2.